The summed E-state index contributed by atoms with van der Waals surface area (Å²) in [4.78, 5) is 14.1. The highest BCUT2D eigenvalue weighted by atomic mass is 16.6. The van der Waals surface area contributed by atoms with Crippen molar-refractivity contribution in [1.29, 1.82) is 0 Å². The predicted molar refractivity (Wildman–Crippen MR) is 69.2 cm³/mol. The van der Waals surface area contributed by atoms with Crippen molar-refractivity contribution in [2.45, 2.75) is 57.6 Å². The molecule has 0 aromatic rings. The Hall–Kier alpha value is -1.19. The molecule has 2 rings (SSSR count). The van der Waals surface area contributed by atoms with Crippen LogP contribution < -0.4 is 0 Å². The van der Waals surface area contributed by atoms with Gasteiger partial charge in [-0.15, -0.1) is 0 Å². The molecule has 0 atom stereocenters. The molecule has 0 N–H and O–H groups in total. The maximum absolute atomic E-state index is 12.2. The van der Waals surface area contributed by atoms with Gasteiger partial charge in [0.1, 0.15) is 5.60 Å². The van der Waals surface area contributed by atoms with E-state index in [-0.39, 0.29) is 11.6 Å². The Morgan fingerprint density at radius 2 is 2.06 bits per heavy atom. The molecular formula is C14H23NO3. The van der Waals surface area contributed by atoms with E-state index < -0.39 is 5.60 Å². The van der Waals surface area contributed by atoms with E-state index in [0.717, 1.165) is 32.2 Å². The van der Waals surface area contributed by atoms with Crippen molar-refractivity contribution in [2.24, 2.45) is 0 Å². The first-order chi connectivity index (χ1) is 8.36. The average molecular weight is 253 g/mol. The summed E-state index contributed by atoms with van der Waals surface area (Å²) in [6.45, 7) is 6.46. The van der Waals surface area contributed by atoms with E-state index in [9.17, 15) is 4.79 Å². The summed E-state index contributed by atoms with van der Waals surface area (Å²) in [5.74, 6) is 0. The average Bonchev–Trinajstić information content (AvgIpc) is 2.96. The molecule has 1 saturated carbocycles. The summed E-state index contributed by atoms with van der Waals surface area (Å²) in [5.41, 5.74) is 0.899. The standard InChI is InChI=1S/C14H23NO3/c1-13(2,3)18-12(16)15-8-5-11(10-17-4)9-14(15)6-7-14/h10H,5-9H2,1-4H3/b11-10-. The lowest BCUT2D eigenvalue weighted by molar-refractivity contribution is 0.00950. The van der Waals surface area contributed by atoms with Gasteiger partial charge in [0, 0.05) is 6.54 Å². The van der Waals surface area contributed by atoms with Gasteiger partial charge < -0.3 is 14.4 Å². The number of carbonyl (C=O) groups excluding carboxylic acids is 1. The van der Waals surface area contributed by atoms with Crippen LogP contribution in [0.4, 0.5) is 4.79 Å². The van der Waals surface area contributed by atoms with Gasteiger partial charge in [0.15, 0.2) is 0 Å². The Kier molecular flexibility index (Phi) is 3.30. The highest BCUT2D eigenvalue weighted by molar-refractivity contribution is 5.70. The minimum Gasteiger partial charge on any atom is -0.504 e. The minimum absolute atomic E-state index is 0.0188. The molecular weight excluding hydrogens is 230 g/mol. The number of ether oxygens (including phenoxy) is 2. The van der Waals surface area contributed by atoms with Gasteiger partial charge in [0.2, 0.25) is 0 Å². The Bertz CT molecular complexity index is 364. The molecule has 4 heteroatoms. The number of rotatable bonds is 1. The first-order valence-corrected chi connectivity index (χ1v) is 6.58. The molecule has 0 unspecified atom stereocenters. The number of methoxy groups -OCH3 is 1. The van der Waals surface area contributed by atoms with Gasteiger partial charge in [-0.2, -0.15) is 0 Å². The van der Waals surface area contributed by atoms with Gasteiger partial charge in [-0.25, -0.2) is 4.79 Å². The molecule has 1 saturated heterocycles. The van der Waals surface area contributed by atoms with Gasteiger partial charge in [-0.05, 0) is 52.0 Å². The van der Waals surface area contributed by atoms with E-state index in [0.29, 0.717) is 0 Å². The van der Waals surface area contributed by atoms with Gasteiger partial charge in [0.25, 0.3) is 0 Å². The molecule has 1 aliphatic heterocycles. The second-order valence-corrected chi connectivity index (χ2v) is 6.29. The number of carbonyl (C=O) groups is 1. The molecule has 0 aromatic carbocycles. The number of nitrogens with zero attached hydrogens (tertiary/aromatic N) is 1. The topological polar surface area (TPSA) is 38.8 Å². The summed E-state index contributed by atoms with van der Waals surface area (Å²) in [6.07, 6.45) is 5.62. The Morgan fingerprint density at radius 3 is 2.56 bits per heavy atom. The van der Waals surface area contributed by atoms with E-state index in [1.54, 1.807) is 7.11 Å². The molecule has 1 heterocycles. The van der Waals surface area contributed by atoms with Gasteiger partial charge in [-0.3, -0.25) is 0 Å². The molecule has 2 aliphatic rings. The number of amides is 1. The lowest BCUT2D eigenvalue weighted by atomic mass is 9.96. The molecule has 0 aromatic heterocycles. The Balaban J connectivity index is 2.03. The number of hydrogen-bond donors (Lipinski definition) is 0. The van der Waals surface area contributed by atoms with E-state index in [1.165, 1.54) is 5.57 Å². The van der Waals surface area contributed by atoms with E-state index in [1.807, 2.05) is 31.9 Å². The van der Waals surface area contributed by atoms with Crippen molar-refractivity contribution in [3.8, 4) is 0 Å². The third kappa shape index (κ3) is 2.79. The van der Waals surface area contributed by atoms with E-state index in [2.05, 4.69) is 0 Å². The van der Waals surface area contributed by atoms with Crippen LogP contribution in [0, 0.1) is 0 Å². The summed E-state index contributed by atoms with van der Waals surface area (Å²) in [6, 6.07) is 0. The molecule has 1 aliphatic carbocycles. The zero-order valence-corrected chi connectivity index (χ0v) is 11.8. The largest absolute Gasteiger partial charge is 0.504 e. The maximum atomic E-state index is 12.2. The summed E-state index contributed by atoms with van der Waals surface area (Å²) >= 11 is 0. The van der Waals surface area contributed by atoms with Crippen LogP contribution in [-0.2, 0) is 9.47 Å². The Morgan fingerprint density at radius 1 is 1.39 bits per heavy atom. The van der Waals surface area contributed by atoms with Crippen LogP contribution in [0.15, 0.2) is 11.8 Å². The van der Waals surface area contributed by atoms with Crippen molar-refractivity contribution in [1.82, 2.24) is 4.90 Å². The van der Waals surface area contributed by atoms with Crippen LogP contribution in [0.5, 0.6) is 0 Å². The lowest BCUT2D eigenvalue weighted by Crippen LogP contribution is -2.48. The molecule has 0 radical (unpaired) electrons. The summed E-state index contributed by atoms with van der Waals surface area (Å²) < 4.78 is 10.6. The quantitative estimate of drug-likeness (QED) is 0.674. The fourth-order valence-electron chi connectivity index (χ4n) is 2.56. The fraction of sp³-hybridized carbons (Fsp3) is 0.786. The maximum Gasteiger partial charge on any atom is 0.410 e. The van der Waals surface area contributed by atoms with Gasteiger partial charge in [-0.1, -0.05) is 0 Å². The molecule has 4 nitrogen and oxygen atoms in total. The van der Waals surface area contributed by atoms with Crippen LogP contribution in [-0.4, -0.2) is 35.8 Å². The lowest BCUT2D eigenvalue weighted by Gasteiger charge is -2.38. The van der Waals surface area contributed by atoms with Crippen LogP contribution in [0.1, 0.15) is 46.5 Å². The first kappa shape index (κ1) is 13.2. The van der Waals surface area contributed by atoms with Crippen LogP contribution in [0.25, 0.3) is 0 Å². The number of likely N-dealkylation sites (tertiary alicyclic amines) is 1. The molecule has 1 amide bonds. The van der Waals surface area contributed by atoms with E-state index >= 15 is 0 Å². The monoisotopic (exact) mass is 253 g/mol. The van der Waals surface area contributed by atoms with Gasteiger partial charge >= 0.3 is 6.09 Å². The third-order valence-corrected chi connectivity index (χ3v) is 3.51. The first-order valence-electron chi connectivity index (χ1n) is 6.58. The highest BCUT2D eigenvalue weighted by Crippen LogP contribution is 2.50. The van der Waals surface area contributed by atoms with Crippen molar-refractivity contribution >= 4 is 6.09 Å². The molecule has 18 heavy (non-hydrogen) atoms. The van der Waals surface area contributed by atoms with Crippen molar-refractivity contribution in [3.63, 3.8) is 0 Å². The molecule has 102 valence electrons. The van der Waals surface area contributed by atoms with Gasteiger partial charge in [0.05, 0.1) is 18.9 Å². The smallest absolute Gasteiger partial charge is 0.410 e. The van der Waals surface area contributed by atoms with Crippen LogP contribution in [0.3, 0.4) is 0 Å². The fourth-order valence-corrected chi connectivity index (χ4v) is 2.56. The van der Waals surface area contributed by atoms with E-state index in [4.69, 9.17) is 9.47 Å². The minimum atomic E-state index is -0.421. The molecule has 2 fully saturated rings. The zero-order chi connectivity index (χ0) is 13.4. The Labute approximate surface area is 109 Å². The highest BCUT2D eigenvalue weighted by Gasteiger charge is 2.53. The van der Waals surface area contributed by atoms with Crippen molar-refractivity contribution in [2.75, 3.05) is 13.7 Å². The van der Waals surface area contributed by atoms with Crippen molar-refractivity contribution < 1.29 is 14.3 Å². The predicted octanol–water partition coefficient (Wildman–Crippen LogP) is 3.08. The summed E-state index contributed by atoms with van der Waals surface area (Å²) in [7, 11) is 1.67. The number of hydrogen-bond acceptors (Lipinski definition) is 3. The zero-order valence-electron chi connectivity index (χ0n) is 11.8. The van der Waals surface area contributed by atoms with Crippen LogP contribution >= 0.6 is 0 Å². The van der Waals surface area contributed by atoms with Crippen LogP contribution in [0.2, 0.25) is 0 Å². The number of piperidine rings is 1. The van der Waals surface area contributed by atoms with Crippen molar-refractivity contribution in [3.05, 3.63) is 11.8 Å². The molecule has 1 spiro atoms. The SMILES string of the molecule is CO/C=C1/CCN(C(=O)OC(C)(C)C)C2(CC2)C1. The third-order valence-electron chi connectivity index (χ3n) is 3.51. The second-order valence-electron chi connectivity index (χ2n) is 6.29. The normalized spacial score (nSPS) is 24.2. The molecule has 0 bridgehead atoms. The second kappa shape index (κ2) is 4.48. The summed E-state index contributed by atoms with van der Waals surface area (Å²) in [5, 5.41) is 0.